The predicted molar refractivity (Wildman–Crippen MR) is 109 cm³/mol. The van der Waals surface area contributed by atoms with Crippen LogP contribution in [0.4, 0.5) is 5.69 Å². The molecule has 2 aromatic heterocycles. The number of hydrogen-bond donors (Lipinski definition) is 0. The van der Waals surface area contributed by atoms with Crippen LogP contribution in [-0.4, -0.2) is 47.1 Å². The lowest BCUT2D eigenvalue weighted by Gasteiger charge is -2.38. The molecule has 1 aliphatic heterocycles. The SMILES string of the molecule is Cc1cc(-c2ccnc3cccnc23)ccc1N1CCN(C(C)C)CC1. The van der Waals surface area contributed by atoms with Crippen LogP contribution in [0, 0.1) is 6.92 Å². The molecule has 3 heterocycles. The number of nitrogens with zero attached hydrogens (tertiary/aromatic N) is 4. The van der Waals surface area contributed by atoms with Crippen LogP contribution in [0.25, 0.3) is 22.2 Å². The lowest BCUT2D eigenvalue weighted by atomic mass is 10.0. The monoisotopic (exact) mass is 346 g/mol. The Labute approximate surface area is 155 Å². The fourth-order valence-electron chi connectivity index (χ4n) is 3.87. The zero-order valence-electron chi connectivity index (χ0n) is 15.8. The largest absolute Gasteiger partial charge is 0.369 e. The molecule has 0 aliphatic carbocycles. The summed E-state index contributed by atoms with van der Waals surface area (Å²) in [5, 5.41) is 0. The highest BCUT2D eigenvalue weighted by Crippen LogP contribution is 2.30. The Morgan fingerprint density at radius 3 is 2.46 bits per heavy atom. The normalized spacial score (nSPS) is 15.8. The van der Waals surface area contributed by atoms with Crippen LogP contribution in [0.5, 0.6) is 0 Å². The van der Waals surface area contributed by atoms with Crippen molar-refractivity contribution in [2.75, 3.05) is 31.1 Å². The quantitative estimate of drug-likeness (QED) is 0.714. The van der Waals surface area contributed by atoms with Crippen molar-refractivity contribution < 1.29 is 0 Å². The molecule has 0 atom stereocenters. The van der Waals surface area contributed by atoms with Crippen LogP contribution in [0.15, 0.2) is 48.8 Å². The van der Waals surface area contributed by atoms with Crippen molar-refractivity contribution in [1.82, 2.24) is 14.9 Å². The summed E-state index contributed by atoms with van der Waals surface area (Å²) in [6, 6.07) is 13.4. The lowest BCUT2D eigenvalue weighted by Crippen LogP contribution is -2.49. The maximum absolute atomic E-state index is 4.55. The molecule has 4 nitrogen and oxygen atoms in total. The van der Waals surface area contributed by atoms with E-state index in [1.807, 2.05) is 24.5 Å². The molecule has 0 radical (unpaired) electrons. The minimum atomic E-state index is 0.632. The topological polar surface area (TPSA) is 32.3 Å². The molecule has 0 amide bonds. The molecule has 0 spiro atoms. The van der Waals surface area contributed by atoms with E-state index >= 15 is 0 Å². The maximum atomic E-state index is 4.55. The zero-order valence-corrected chi connectivity index (χ0v) is 15.8. The van der Waals surface area contributed by atoms with E-state index in [0.29, 0.717) is 6.04 Å². The molecule has 4 rings (SSSR count). The van der Waals surface area contributed by atoms with Crippen LogP contribution in [0.1, 0.15) is 19.4 Å². The summed E-state index contributed by atoms with van der Waals surface area (Å²) in [7, 11) is 0. The standard InChI is InChI=1S/C22H26N4/c1-16(2)25-11-13-26(14-12-25)21-7-6-18(15-17(21)3)19-8-10-23-20-5-4-9-24-22(19)20/h4-10,15-16H,11-14H2,1-3H3. The molecule has 1 fully saturated rings. The number of aryl methyl sites for hydroxylation is 1. The summed E-state index contributed by atoms with van der Waals surface area (Å²) >= 11 is 0. The zero-order chi connectivity index (χ0) is 18.1. The van der Waals surface area contributed by atoms with Gasteiger partial charge in [-0.1, -0.05) is 6.07 Å². The molecular formula is C22H26N4. The summed E-state index contributed by atoms with van der Waals surface area (Å²) in [4.78, 5) is 14.0. The van der Waals surface area contributed by atoms with E-state index in [9.17, 15) is 0 Å². The fourth-order valence-corrected chi connectivity index (χ4v) is 3.87. The van der Waals surface area contributed by atoms with Crippen molar-refractivity contribution >= 4 is 16.7 Å². The first-order valence-electron chi connectivity index (χ1n) is 9.43. The minimum absolute atomic E-state index is 0.632. The Bertz CT molecular complexity index is 906. The second-order valence-corrected chi connectivity index (χ2v) is 7.35. The van der Waals surface area contributed by atoms with Gasteiger partial charge in [-0.25, -0.2) is 0 Å². The van der Waals surface area contributed by atoms with E-state index < -0.39 is 0 Å². The lowest BCUT2D eigenvalue weighted by molar-refractivity contribution is 0.209. The summed E-state index contributed by atoms with van der Waals surface area (Å²) < 4.78 is 0. The second kappa shape index (κ2) is 7.04. The Morgan fingerprint density at radius 1 is 0.923 bits per heavy atom. The predicted octanol–water partition coefficient (Wildman–Crippen LogP) is 4.14. The van der Waals surface area contributed by atoms with Gasteiger partial charge in [0.15, 0.2) is 0 Å². The van der Waals surface area contributed by atoms with Crippen molar-refractivity contribution in [1.29, 1.82) is 0 Å². The van der Waals surface area contributed by atoms with Gasteiger partial charge in [0.2, 0.25) is 0 Å². The fraction of sp³-hybridized carbons (Fsp3) is 0.364. The van der Waals surface area contributed by atoms with Crippen molar-refractivity contribution in [2.45, 2.75) is 26.8 Å². The molecule has 134 valence electrons. The summed E-state index contributed by atoms with van der Waals surface area (Å²) in [6.07, 6.45) is 3.71. The van der Waals surface area contributed by atoms with E-state index in [2.05, 4.69) is 64.8 Å². The van der Waals surface area contributed by atoms with E-state index in [0.717, 1.165) is 42.8 Å². The summed E-state index contributed by atoms with van der Waals surface area (Å²) in [5.41, 5.74) is 6.93. The number of rotatable bonds is 3. The third kappa shape index (κ3) is 3.17. The van der Waals surface area contributed by atoms with E-state index in [4.69, 9.17) is 0 Å². The number of aromatic nitrogens is 2. The molecule has 0 bridgehead atoms. The Kier molecular flexibility index (Phi) is 4.60. The average Bonchev–Trinajstić information content (AvgIpc) is 2.67. The average molecular weight is 346 g/mol. The first kappa shape index (κ1) is 17.0. The van der Waals surface area contributed by atoms with E-state index in [-0.39, 0.29) is 0 Å². The molecule has 0 saturated carbocycles. The van der Waals surface area contributed by atoms with Crippen molar-refractivity contribution in [2.24, 2.45) is 0 Å². The summed E-state index contributed by atoms with van der Waals surface area (Å²) in [6.45, 7) is 11.2. The molecule has 1 aliphatic rings. The molecule has 3 aromatic rings. The minimum Gasteiger partial charge on any atom is -0.369 e. The number of benzene rings is 1. The molecule has 1 aromatic carbocycles. The van der Waals surface area contributed by atoms with Crippen molar-refractivity contribution in [3.05, 3.63) is 54.4 Å². The maximum Gasteiger partial charge on any atom is 0.0964 e. The van der Waals surface area contributed by atoms with Crippen LogP contribution < -0.4 is 4.90 Å². The van der Waals surface area contributed by atoms with E-state index in [1.165, 1.54) is 16.8 Å². The van der Waals surface area contributed by atoms with Gasteiger partial charge in [0.1, 0.15) is 0 Å². The highest BCUT2D eigenvalue weighted by Gasteiger charge is 2.20. The van der Waals surface area contributed by atoms with Crippen LogP contribution in [0.3, 0.4) is 0 Å². The molecule has 0 unspecified atom stereocenters. The van der Waals surface area contributed by atoms with E-state index in [1.54, 1.807) is 0 Å². The van der Waals surface area contributed by atoms with Crippen molar-refractivity contribution in [3.8, 4) is 11.1 Å². The molecule has 4 heteroatoms. The van der Waals surface area contributed by atoms with Crippen LogP contribution >= 0.6 is 0 Å². The van der Waals surface area contributed by atoms with Crippen LogP contribution in [0.2, 0.25) is 0 Å². The van der Waals surface area contributed by atoms with Gasteiger partial charge in [-0.3, -0.25) is 14.9 Å². The first-order valence-corrected chi connectivity index (χ1v) is 9.43. The van der Waals surface area contributed by atoms with Gasteiger partial charge in [0.25, 0.3) is 0 Å². The number of pyridine rings is 2. The third-order valence-electron chi connectivity index (χ3n) is 5.39. The van der Waals surface area contributed by atoms with Gasteiger partial charge < -0.3 is 4.90 Å². The Morgan fingerprint density at radius 2 is 1.73 bits per heavy atom. The van der Waals surface area contributed by atoms with Gasteiger partial charge in [0.05, 0.1) is 11.0 Å². The molecule has 1 saturated heterocycles. The highest BCUT2D eigenvalue weighted by molar-refractivity contribution is 5.91. The Balaban J connectivity index is 1.62. The summed E-state index contributed by atoms with van der Waals surface area (Å²) in [5.74, 6) is 0. The molecule has 0 N–H and O–H groups in total. The van der Waals surface area contributed by atoms with Crippen molar-refractivity contribution in [3.63, 3.8) is 0 Å². The number of anilines is 1. The first-order chi connectivity index (χ1) is 12.6. The van der Waals surface area contributed by atoms with Crippen LogP contribution in [-0.2, 0) is 0 Å². The Hall–Kier alpha value is -2.46. The second-order valence-electron chi connectivity index (χ2n) is 7.35. The third-order valence-corrected chi connectivity index (χ3v) is 5.39. The van der Waals surface area contributed by atoms with Gasteiger partial charge in [-0.15, -0.1) is 0 Å². The molecule has 26 heavy (non-hydrogen) atoms. The van der Waals surface area contributed by atoms with Gasteiger partial charge in [-0.2, -0.15) is 0 Å². The smallest absolute Gasteiger partial charge is 0.0964 e. The number of piperazine rings is 1. The highest BCUT2D eigenvalue weighted by atomic mass is 15.3. The van der Waals surface area contributed by atoms with Gasteiger partial charge >= 0.3 is 0 Å². The number of fused-ring (bicyclic) bond motifs is 1. The van der Waals surface area contributed by atoms with Gasteiger partial charge in [0, 0.05) is 55.9 Å². The molecular weight excluding hydrogens is 320 g/mol. The number of hydrogen-bond acceptors (Lipinski definition) is 4. The van der Waals surface area contributed by atoms with Gasteiger partial charge in [-0.05, 0) is 62.2 Å².